The average molecular weight is 327 g/mol. The van der Waals surface area contributed by atoms with Crippen LogP contribution in [0.15, 0.2) is 12.3 Å². The highest BCUT2D eigenvalue weighted by molar-refractivity contribution is 5.76. The third-order valence-corrected chi connectivity index (χ3v) is 5.66. The Kier molecular flexibility index (Phi) is 3.43. The fourth-order valence-electron chi connectivity index (χ4n) is 4.92. The Bertz CT molecular complexity index is 598. The number of amides is 1. The van der Waals surface area contributed by atoms with Gasteiger partial charge in [-0.2, -0.15) is 18.3 Å². The molecule has 2 atom stereocenters. The predicted octanol–water partition coefficient (Wildman–Crippen LogP) is 2.94. The second-order valence-electron chi connectivity index (χ2n) is 7.37. The van der Waals surface area contributed by atoms with Crippen LogP contribution < -0.4 is 0 Å². The highest BCUT2D eigenvalue weighted by atomic mass is 19.4. The number of rotatable bonds is 2. The molecule has 1 aromatic rings. The Morgan fingerprint density at radius 2 is 1.78 bits per heavy atom. The van der Waals surface area contributed by atoms with Crippen LogP contribution in [0, 0.1) is 17.8 Å². The first-order chi connectivity index (χ1) is 10.9. The standard InChI is InChI=1S/C16H20F3N3O/c17-16(18,19)14-1-2-21(20-14)9-15(23)22-8-12-4-10-3-11(5-12)7-13(22)6-10/h1-2,10-13H,3-9H2. The average Bonchev–Trinajstić information content (AvgIpc) is 2.83. The van der Waals surface area contributed by atoms with Crippen molar-refractivity contribution >= 4 is 5.91 Å². The molecule has 0 aromatic carbocycles. The molecule has 2 aliphatic heterocycles. The number of carbonyl (C=O) groups is 1. The molecule has 1 amide bonds. The van der Waals surface area contributed by atoms with Gasteiger partial charge in [0.05, 0.1) is 0 Å². The molecule has 0 N–H and O–H groups in total. The Balaban J connectivity index is 1.48. The normalized spacial score (nSPS) is 33.1. The number of nitrogens with zero attached hydrogens (tertiary/aromatic N) is 3. The van der Waals surface area contributed by atoms with E-state index in [-0.39, 0.29) is 18.5 Å². The summed E-state index contributed by atoms with van der Waals surface area (Å²) >= 11 is 0. The van der Waals surface area contributed by atoms with Gasteiger partial charge in [0.15, 0.2) is 5.69 Å². The molecule has 2 unspecified atom stereocenters. The van der Waals surface area contributed by atoms with E-state index in [9.17, 15) is 18.0 Å². The van der Waals surface area contributed by atoms with E-state index in [0.29, 0.717) is 5.92 Å². The van der Waals surface area contributed by atoms with Crippen molar-refractivity contribution < 1.29 is 18.0 Å². The maximum atomic E-state index is 12.6. The second-order valence-corrected chi connectivity index (χ2v) is 7.37. The molecule has 4 nitrogen and oxygen atoms in total. The van der Waals surface area contributed by atoms with Crippen molar-refractivity contribution in [1.29, 1.82) is 0 Å². The SMILES string of the molecule is O=C(Cn1ccc(C(F)(F)F)n1)N1CC2CC3CC(C2)CC1C3. The second kappa shape index (κ2) is 5.24. The predicted molar refractivity (Wildman–Crippen MR) is 76.3 cm³/mol. The molecule has 3 heterocycles. The maximum Gasteiger partial charge on any atom is 0.435 e. The molecule has 7 heteroatoms. The minimum atomic E-state index is -4.46. The lowest BCUT2D eigenvalue weighted by atomic mass is 9.68. The molecule has 0 radical (unpaired) electrons. The van der Waals surface area contributed by atoms with Crippen molar-refractivity contribution in [2.75, 3.05) is 6.54 Å². The lowest BCUT2D eigenvalue weighted by molar-refractivity contribution is -0.142. The number of carbonyl (C=O) groups excluding carboxylic acids is 1. The van der Waals surface area contributed by atoms with Crippen LogP contribution >= 0.6 is 0 Å². The molecule has 5 rings (SSSR count). The van der Waals surface area contributed by atoms with Crippen LogP contribution in [0.3, 0.4) is 0 Å². The van der Waals surface area contributed by atoms with Crippen molar-refractivity contribution in [2.45, 2.75) is 50.9 Å². The van der Waals surface area contributed by atoms with E-state index in [1.54, 1.807) is 0 Å². The molecular weight excluding hydrogens is 307 g/mol. The number of alkyl halides is 3. The van der Waals surface area contributed by atoms with E-state index in [0.717, 1.165) is 42.0 Å². The summed E-state index contributed by atoms with van der Waals surface area (Å²) in [6, 6.07) is 1.19. The first-order valence-electron chi connectivity index (χ1n) is 8.28. The smallest absolute Gasteiger partial charge is 0.338 e. The van der Waals surface area contributed by atoms with Crippen LogP contribution in [0.2, 0.25) is 0 Å². The monoisotopic (exact) mass is 327 g/mol. The van der Waals surface area contributed by atoms with Gasteiger partial charge < -0.3 is 4.90 Å². The quantitative estimate of drug-likeness (QED) is 0.838. The highest BCUT2D eigenvalue weighted by Crippen LogP contribution is 2.47. The van der Waals surface area contributed by atoms with Crippen LogP contribution in [-0.2, 0) is 17.5 Å². The number of halogens is 3. The van der Waals surface area contributed by atoms with Crippen molar-refractivity contribution in [3.63, 3.8) is 0 Å². The van der Waals surface area contributed by atoms with Crippen molar-refractivity contribution in [2.24, 2.45) is 17.8 Å². The summed E-state index contributed by atoms with van der Waals surface area (Å²) in [5, 5.41) is 3.49. The van der Waals surface area contributed by atoms with Crippen LogP contribution in [0.4, 0.5) is 13.2 Å². The van der Waals surface area contributed by atoms with Gasteiger partial charge >= 0.3 is 6.18 Å². The number of hydrogen-bond donors (Lipinski definition) is 0. The zero-order valence-corrected chi connectivity index (χ0v) is 12.8. The van der Waals surface area contributed by atoms with Crippen molar-refractivity contribution in [3.8, 4) is 0 Å². The summed E-state index contributed by atoms with van der Waals surface area (Å²) in [6.45, 7) is 0.665. The van der Waals surface area contributed by atoms with Crippen molar-refractivity contribution in [1.82, 2.24) is 14.7 Å². The van der Waals surface area contributed by atoms with Gasteiger partial charge in [-0.15, -0.1) is 0 Å². The van der Waals surface area contributed by atoms with Gasteiger partial charge in [0.25, 0.3) is 0 Å². The molecule has 2 aliphatic carbocycles. The van der Waals surface area contributed by atoms with Gasteiger partial charge in [-0.3, -0.25) is 9.48 Å². The molecule has 4 bridgehead atoms. The van der Waals surface area contributed by atoms with Crippen LogP contribution in [0.5, 0.6) is 0 Å². The Morgan fingerprint density at radius 1 is 1.13 bits per heavy atom. The molecule has 2 saturated heterocycles. The van der Waals surface area contributed by atoms with Crippen molar-refractivity contribution in [3.05, 3.63) is 18.0 Å². The van der Waals surface area contributed by atoms with E-state index in [1.165, 1.54) is 25.5 Å². The van der Waals surface area contributed by atoms with E-state index >= 15 is 0 Å². The molecule has 0 spiro atoms. The molecular formula is C16H20F3N3O. The highest BCUT2D eigenvalue weighted by Gasteiger charge is 2.44. The van der Waals surface area contributed by atoms with Crippen LogP contribution in [0.1, 0.15) is 37.8 Å². The first kappa shape index (κ1) is 15.0. The largest absolute Gasteiger partial charge is 0.435 e. The van der Waals surface area contributed by atoms with Gasteiger partial charge in [-0.25, -0.2) is 0 Å². The van der Waals surface area contributed by atoms with Gasteiger partial charge in [0.2, 0.25) is 5.91 Å². The van der Waals surface area contributed by atoms with E-state index < -0.39 is 11.9 Å². The summed E-state index contributed by atoms with van der Waals surface area (Å²) < 4.78 is 38.9. The lowest BCUT2D eigenvalue weighted by Crippen LogP contribution is -2.43. The number of fused-ring (bicyclic) bond motifs is 1. The third-order valence-electron chi connectivity index (χ3n) is 5.66. The van der Waals surface area contributed by atoms with E-state index in [4.69, 9.17) is 0 Å². The number of aromatic nitrogens is 2. The molecule has 126 valence electrons. The summed E-state index contributed by atoms with van der Waals surface area (Å²) in [7, 11) is 0. The van der Waals surface area contributed by atoms with Crippen LogP contribution in [0.25, 0.3) is 0 Å². The maximum absolute atomic E-state index is 12.6. The summed E-state index contributed by atoms with van der Waals surface area (Å²) in [6.07, 6.45) is 2.60. The first-order valence-corrected chi connectivity index (χ1v) is 8.28. The van der Waals surface area contributed by atoms with Gasteiger partial charge in [-0.1, -0.05) is 0 Å². The topological polar surface area (TPSA) is 38.1 Å². The summed E-state index contributed by atoms with van der Waals surface area (Å²) in [5.41, 5.74) is -0.943. The van der Waals surface area contributed by atoms with Gasteiger partial charge in [0, 0.05) is 18.8 Å². The Morgan fingerprint density at radius 3 is 2.39 bits per heavy atom. The Labute approximate surface area is 132 Å². The fraction of sp³-hybridized carbons (Fsp3) is 0.750. The fourth-order valence-corrected chi connectivity index (χ4v) is 4.92. The van der Waals surface area contributed by atoms with Gasteiger partial charge in [-0.05, 0) is 55.9 Å². The molecule has 1 aromatic heterocycles. The minimum Gasteiger partial charge on any atom is -0.338 e. The van der Waals surface area contributed by atoms with E-state index in [1.807, 2.05) is 4.90 Å². The molecule has 2 saturated carbocycles. The third kappa shape index (κ3) is 2.85. The van der Waals surface area contributed by atoms with Crippen LogP contribution in [-0.4, -0.2) is 33.2 Å². The number of hydrogen-bond acceptors (Lipinski definition) is 2. The molecule has 23 heavy (non-hydrogen) atoms. The molecule has 4 fully saturated rings. The molecule has 4 aliphatic rings. The minimum absolute atomic E-state index is 0.0972. The summed E-state index contributed by atoms with van der Waals surface area (Å²) in [5.74, 6) is 1.94. The van der Waals surface area contributed by atoms with Gasteiger partial charge in [0.1, 0.15) is 6.54 Å². The summed E-state index contributed by atoms with van der Waals surface area (Å²) in [4.78, 5) is 14.6. The zero-order valence-electron chi connectivity index (χ0n) is 12.8. The van der Waals surface area contributed by atoms with E-state index in [2.05, 4.69) is 5.10 Å². The Hall–Kier alpha value is -1.53. The zero-order chi connectivity index (χ0) is 16.2. The lowest BCUT2D eigenvalue weighted by Gasteiger charge is -2.39.